The number of aryl methyl sites for hydroxylation is 2. The molecule has 1 aromatic heterocycles. The summed E-state index contributed by atoms with van der Waals surface area (Å²) in [5.41, 5.74) is 2.32. The first-order valence-electron chi connectivity index (χ1n) is 8.47. The maximum atomic E-state index is 11.4. The topological polar surface area (TPSA) is 46.9 Å². The summed E-state index contributed by atoms with van der Waals surface area (Å²) in [4.78, 5) is 16.1. The summed E-state index contributed by atoms with van der Waals surface area (Å²) in [7, 11) is 0. The van der Waals surface area contributed by atoms with Crippen LogP contribution in [0.2, 0.25) is 0 Å². The number of unbranched alkanes of at least 4 members (excludes halogenated alkanes) is 2. The second-order valence-corrected chi connectivity index (χ2v) is 5.67. The summed E-state index contributed by atoms with van der Waals surface area (Å²) in [6.07, 6.45) is 5.85. The molecule has 0 aliphatic carbocycles. The van der Waals surface area contributed by atoms with Crippen molar-refractivity contribution in [3.8, 4) is 0 Å². The Morgan fingerprint density at radius 3 is 2.77 bits per heavy atom. The van der Waals surface area contributed by atoms with Crippen LogP contribution in [0, 0.1) is 0 Å². The van der Waals surface area contributed by atoms with E-state index in [4.69, 9.17) is 4.98 Å². The average molecular weight is 301 g/mol. The van der Waals surface area contributed by atoms with E-state index < -0.39 is 0 Å². The molecule has 2 rings (SSSR count). The van der Waals surface area contributed by atoms with Crippen molar-refractivity contribution in [1.29, 1.82) is 0 Å². The average Bonchev–Trinajstić information content (AvgIpc) is 2.88. The number of hydrogen-bond donors (Lipinski definition) is 1. The van der Waals surface area contributed by atoms with Gasteiger partial charge in [-0.1, -0.05) is 25.5 Å². The van der Waals surface area contributed by atoms with Crippen LogP contribution in [0.25, 0.3) is 11.0 Å². The van der Waals surface area contributed by atoms with Crippen LogP contribution in [-0.4, -0.2) is 22.0 Å². The maximum absolute atomic E-state index is 11.4. The third-order valence-corrected chi connectivity index (χ3v) is 3.93. The molecule has 0 spiro atoms. The number of aromatic nitrogens is 2. The molecule has 4 heteroatoms. The zero-order valence-corrected chi connectivity index (χ0v) is 13.8. The Labute approximate surface area is 132 Å². The Morgan fingerprint density at radius 1 is 1.18 bits per heavy atom. The molecule has 1 N–H and O–H groups in total. The van der Waals surface area contributed by atoms with Crippen LogP contribution < -0.4 is 5.32 Å². The van der Waals surface area contributed by atoms with Crippen LogP contribution in [0.5, 0.6) is 0 Å². The maximum Gasteiger partial charge on any atom is 0.219 e. The number of amides is 1. The smallest absolute Gasteiger partial charge is 0.219 e. The molecule has 2 aromatic rings. The number of hydrogen-bond acceptors (Lipinski definition) is 2. The van der Waals surface area contributed by atoms with Gasteiger partial charge in [0.1, 0.15) is 5.82 Å². The first-order chi connectivity index (χ1) is 10.8. The molecule has 0 saturated heterocycles. The molecule has 0 fully saturated rings. The number of imidazole rings is 1. The van der Waals surface area contributed by atoms with Crippen molar-refractivity contribution in [2.45, 2.75) is 58.9 Å². The fourth-order valence-electron chi connectivity index (χ4n) is 2.80. The van der Waals surface area contributed by atoms with E-state index in [2.05, 4.69) is 35.0 Å². The third kappa shape index (κ3) is 4.33. The number of fused-ring (bicyclic) bond motifs is 1. The van der Waals surface area contributed by atoms with Crippen LogP contribution >= 0.6 is 0 Å². The van der Waals surface area contributed by atoms with Crippen molar-refractivity contribution in [1.82, 2.24) is 14.9 Å². The number of carbonyl (C=O) groups is 1. The quantitative estimate of drug-likeness (QED) is 0.718. The largest absolute Gasteiger partial charge is 0.356 e. The highest BCUT2D eigenvalue weighted by molar-refractivity contribution is 5.76. The Morgan fingerprint density at radius 2 is 2.00 bits per heavy atom. The Kier molecular flexibility index (Phi) is 6.44. The third-order valence-electron chi connectivity index (χ3n) is 3.93. The van der Waals surface area contributed by atoms with Crippen molar-refractivity contribution in [3.63, 3.8) is 0 Å². The number of benzene rings is 1. The van der Waals surface area contributed by atoms with E-state index >= 15 is 0 Å². The lowest BCUT2D eigenvalue weighted by atomic mass is 10.2. The number of rotatable bonds is 9. The molecule has 0 atom stereocenters. The van der Waals surface area contributed by atoms with Gasteiger partial charge in [-0.2, -0.15) is 0 Å². The Bertz CT molecular complexity index is 603. The van der Waals surface area contributed by atoms with Crippen molar-refractivity contribution in [2.75, 3.05) is 6.54 Å². The standard InChI is InChI=1S/C18H27N3O/c1-3-10-18(22)19-14-9-5-6-13-17-20-15-11-7-8-12-16(15)21(17)4-2/h7-8,11-12H,3-6,9-10,13-14H2,1-2H3,(H,19,22). The second-order valence-electron chi connectivity index (χ2n) is 5.67. The minimum Gasteiger partial charge on any atom is -0.356 e. The van der Waals surface area contributed by atoms with Gasteiger partial charge in [-0.25, -0.2) is 4.98 Å². The van der Waals surface area contributed by atoms with Crippen LogP contribution in [0.4, 0.5) is 0 Å². The number of para-hydroxylation sites is 2. The zero-order chi connectivity index (χ0) is 15.8. The van der Waals surface area contributed by atoms with Gasteiger partial charge >= 0.3 is 0 Å². The first-order valence-corrected chi connectivity index (χ1v) is 8.47. The van der Waals surface area contributed by atoms with E-state index in [1.165, 1.54) is 11.3 Å². The lowest BCUT2D eigenvalue weighted by Gasteiger charge is -2.06. The Balaban J connectivity index is 1.76. The van der Waals surface area contributed by atoms with E-state index in [1.807, 2.05) is 13.0 Å². The summed E-state index contributed by atoms with van der Waals surface area (Å²) >= 11 is 0. The fraction of sp³-hybridized carbons (Fsp3) is 0.556. The first kappa shape index (κ1) is 16.5. The Hall–Kier alpha value is -1.84. The predicted molar refractivity (Wildman–Crippen MR) is 90.9 cm³/mol. The van der Waals surface area contributed by atoms with Gasteiger partial charge in [0.05, 0.1) is 11.0 Å². The van der Waals surface area contributed by atoms with Crippen LogP contribution in [0.3, 0.4) is 0 Å². The summed E-state index contributed by atoms with van der Waals surface area (Å²) in [5, 5.41) is 2.97. The molecule has 120 valence electrons. The molecule has 1 aromatic carbocycles. The molecule has 1 amide bonds. The van der Waals surface area contributed by atoms with Gasteiger partial charge in [-0.3, -0.25) is 4.79 Å². The molecule has 1 heterocycles. The minimum absolute atomic E-state index is 0.176. The SMILES string of the molecule is CCCC(=O)NCCCCCc1nc2ccccc2n1CC. The summed E-state index contributed by atoms with van der Waals surface area (Å²) in [6, 6.07) is 8.32. The van der Waals surface area contributed by atoms with Gasteiger partial charge in [0, 0.05) is 25.9 Å². The highest BCUT2D eigenvalue weighted by Crippen LogP contribution is 2.17. The zero-order valence-electron chi connectivity index (χ0n) is 13.8. The molecule has 0 unspecified atom stereocenters. The highest BCUT2D eigenvalue weighted by atomic mass is 16.1. The number of nitrogens with zero attached hydrogens (tertiary/aromatic N) is 2. The summed E-state index contributed by atoms with van der Waals surface area (Å²) in [6.45, 7) is 5.95. The van der Waals surface area contributed by atoms with Gasteiger partial charge in [0.15, 0.2) is 0 Å². The van der Waals surface area contributed by atoms with Crippen molar-refractivity contribution < 1.29 is 4.79 Å². The molecule has 0 radical (unpaired) electrons. The molecular formula is C18H27N3O. The van der Waals surface area contributed by atoms with Gasteiger partial charge in [0.25, 0.3) is 0 Å². The fourth-order valence-corrected chi connectivity index (χ4v) is 2.80. The van der Waals surface area contributed by atoms with Gasteiger partial charge < -0.3 is 9.88 Å². The lowest BCUT2D eigenvalue weighted by Crippen LogP contribution is -2.23. The summed E-state index contributed by atoms with van der Waals surface area (Å²) in [5.74, 6) is 1.36. The molecular weight excluding hydrogens is 274 g/mol. The van der Waals surface area contributed by atoms with E-state index in [9.17, 15) is 4.79 Å². The monoisotopic (exact) mass is 301 g/mol. The summed E-state index contributed by atoms with van der Waals surface area (Å²) < 4.78 is 2.30. The molecule has 0 aliphatic rings. The molecule has 22 heavy (non-hydrogen) atoms. The van der Waals surface area contributed by atoms with E-state index in [0.29, 0.717) is 6.42 Å². The second kappa shape index (κ2) is 8.57. The number of nitrogens with one attached hydrogen (secondary N) is 1. The molecule has 0 saturated carbocycles. The lowest BCUT2D eigenvalue weighted by molar-refractivity contribution is -0.121. The molecule has 0 bridgehead atoms. The number of carbonyl (C=O) groups excluding carboxylic acids is 1. The van der Waals surface area contributed by atoms with E-state index in [0.717, 1.165) is 50.7 Å². The van der Waals surface area contributed by atoms with Gasteiger partial charge in [-0.15, -0.1) is 0 Å². The van der Waals surface area contributed by atoms with Crippen molar-refractivity contribution in [2.24, 2.45) is 0 Å². The van der Waals surface area contributed by atoms with Crippen LogP contribution in [0.1, 0.15) is 51.8 Å². The normalized spacial score (nSPS) is 11.0. The van der Waals surface area contributed by atoms with E-state index in [-0.39, 0.29) is 5.91 Å². The van der Waals surface area contributed by atoms with Gasteiger partial charge in [-0.05, 0) is 38.3 Å². The molecule has 0 aliphatic heterocycles. The van der Waals surface area contributed by atoms with Crippen molar-refractivity contribution >= 4 is 16.9 Å². The van der Waals surface area contributed by atoms with E-state index in [1.54, 1.807) is 0 Å². The molecule has 4 nitrogen and oxygen atoms in total. The predicted octanol–water partition coefficient (Wildman–Crippen LogP) is 3.69. The van der Waals surface area contributed by atoms with Crippen molar-refractivity contribution in [3.05, 3.63) is 30.1 Å². The minimum atomic E-state index is 0.176. The highest BCUT2D eigenvalue weighted by Gasteiger charge is 2.08. The van der Waals surface area contributed by atoms with Crippen LogP contribution in [-0.2, 0) is 17.8 Å². The van der Waals surface area contributed by atoms with Gasteiger partial charge in [0.2, 0.25) is 5.91 Å². The van der Waals surface area contributed by atoms with Crippen LogP contribution in [0.15, 0.2) is 24.3 Å².